The van der Waals surface area contributed by atoms with Crippen LogP contribution in [-0.2, 0) is 6.42 Å². The molecule has 5 heteroatoms. The van der Waals surface area contributed by atoms with E-state index < -0.39 is 0 Å². The lowest BCUT2D eigenvalue weighted by molar-refractivity contribution is 0.0977. The second-order valence-electron chi connectivity index (χ2n) is 6.40. The summed E-state index contributed by atoms with van der Waals surface area (Å²) in [7, 11) is 0. The molecule has 0 unspecified atom stereocenters. The highest BCUT2D eigenvalue weighted by Crippen LogP contribution is 2.22. The van der Waals surface area contributed by atoms with Gasteiger partial charge in [0.15, 0.2) is 11.6 Å². The number of benzene rings is 1. The number of carbonyl (C=O) groups excluding carboxylic acids is 3. The van der Waals surface area contributed by atoms with Crippen molar-refractivity contribution in [1.29, 1.82) is 0 Å². The average Bonchev–Trinajstić information content (AvgIpc) is 2.66. The summed E-state index contributed by atoms with van der Waals surface area (Å²) in [6.07, 6.45) is 7.93. The summed E-state index contributed by atoms with van der Waals surface area (Å²) >= 11 is 0. The van der Waals surface area contributed by atoms with E-state index >= 15 is 0 Å². The predicted molar refractivity (Wildman–Crippen MR) is 97.4 cm³/mol. The number of hydrogen-bond acceptors (Lipinski definition) is 5. The first-order chi connectivity index (χ1) is 12.6. The molecule has 1 aliphatic rings. The summed E-state index contributed by atoms with van der Waals surface area (Å²) in [5.41, 5.74) is 2.38. The zero-order chi connectivity index (χ0) is 18.5. The zero-order valence-electron chi connectivity index (χ0n) is 14.7. The number of unbranched alkanes of at least 4 members (excludes halogenated alkanes) is 2. The first-order valence-corrected chi connectivity index (χ1v) is 8.82. The maximum atomic E-state index is 12.5. The highest BCUT2D eigenvalue weighted by atomic mass is 16.1. The normalized spacial score (nSPS) is 13.3. The second-order valence-corrected chi connectivity index (χ2v) is 6.40. The molecular weight excluding hydrogens is 328 g/mol. The van der Waals surface area contributed by atoms with Gasteiger partial charge < -0.3 is 0 Å². The standard InChI is InChI=1S/C21H20N2O3/c1-2-3-4-5-18(24)15-8-6-14(7-9-15)10-16-11-19(25)20-17(21(16)26)12-22-13-23-20/h6-9,11-13H,2-5,10H2,1H3. The van der Waals surface area contributed by atoms with Crippen molar-refractivity contribution in [3.63, 3.8) is 0 Å². The molecule has 1 heterocycles. The molecule has 1 aromatic carbocycles. The van der Waals surface area contributed by atoms with Crippen molar-refractivity contribution in [3.8, 4) is 0 Å². The van der Waals surface area contributed by atoms with Crippen molar-refractivity contribution in [2.75, 3.05) is 0 Å². The van der Waals surface area contributed by atoms with Gasteiger partial charge in [-0.05, 0) is 18.1 Å². The molecule has 0 atom stereocenters. The number of carbonyl (C=O) groups is 3. The summed E-state index contributed by atoms with van der Waals surface area (Å²) in [6, 6.07) is 7.25. The van der Waals surface area contributed by atoms with Crippen LogP contribution in [0.15, 0.2) is 48.4 Å². The molecule has 2 aromatic rings. The second kappa shape index (κ2) is 7.95. The van der Waals surface area contributed by atoms with Gasteiger partial charge in [-0.1, -0.05) is 44.0 Å². The molecule has 0 aliphatic heterocycles. The highest BCUT2D eigenvalue weighted by molar-refractivity contribution is 6.23. The summed E-state index contributed by atoms with van der Waals surface area (Å²) in [6.45, 7) is 2.11. The van der Waals surface area contributed by atoms with Crippen LogP contribution in [0.5, 0.6) is 0 Å². The Morgan fingerprint density at radius 3 is 2.58 bits per heavy atom. The fraction of sp³-hybridized carbons (Fsp3) is 0.286. The topological polar surface area (TPSA) is 77.0 Å². The number of fused-ring (bicyclic) bond motifs is 1. The third kappa shape index (κ3) is 3.82. The third-order valence-corrected chi connectivity index (χ3v) is 4.47. The minimum Gasteiger partial charge on any atom is -0.294 e. The number of nitrogens with zero attached hydrogens (tertiary/aromatic N) is 2. The van der Waals surface area contributed by atoms with Gasteiger partial charge in [0.2, 0.25) is 5.78 Å². The van der Waals surface area contributed by atoms with Crippen LogP contribution >= 0.6 is 0 Å². The van der Waals surface area contributed by atoms with Crippen LogP contribution in [-0.4, -0.2) is 27.3 Å². The van der Waals surface area contributed by atoms with Gasteiger partial charge in [-0.25, -0.2) is 9.97 Å². The van der Waals surface area contributed by atoms with Crippen LogP contribution in [0.4, 0.5) is 0 Å². The monoisotopic (exact) mass is 348 g/mol. The average molecular weight is 348 g/mol. The molecule has 132 valence electrons. The third-order valence-electron chi connectivity index (χ3n) is 4.47. The number of allylic oxidation sites excluding steroid dienone is 2. The van der Waals surface area contributed by atoms with Crippen molar-refractivity contribution in [3.05, 3.63) is 70.8 Å². The maximum Gasteiger partial charge on any atom is 0.205 e. The van der Waals surface area contributed by atoms with Crippen LogP contribution in [0, 0.1) is 0 Å². The van der Waals surface area contributed by atoms with Crippen LogP contribution in [0.2, 0.25) is 0 Å². The van der Waals surface area contributed by atoms with Crippen molar-refractivity contribution in [2.24, 2.45) is 0 Å². The van der Waals surface area contributed by atoms with Gasteiger partial charge in [0.25, 0.3) is 0 Å². The lowest BCUT2D eigenvalue weighted by Gasteiger charge is -2.13. The van der Waals surface area contributed by atoms with E-state index in [4.69, 9.17) is 0 Å². The van der Waals surface area contributed by atoms with E-state index in [2.05, 4.69) is 16.9 Å². The zero-order valence-corrected chi connectivity index (χ0v) is 14.7. The van der Waals surface area contributed by atoms with Gasteiger partial charge in [-0.15, -0.1) is 0 Å². The molecule has 26 heavy (non-hydrogen) atoms. The molecular formula is C21H20N2O3. The first-order valence-electron chi connectivity index (χ1n) is 8.82. The Kier molecular flexibility index (Phi) is 5.46. The molecule has 0 bridgehead atoms. The minimum atomic E-state index is -0.278. The van der Waals surface area contributed by atoms with Crippen LogP contribution in [0.3, 0.4) is 0 Å². The SMILES string of the molecule is CCCCCC(=O)c1ccc(CC2=CC(=O)c3ncncc3C2=O)cc1. The number of ketones is 3. The van der Waals surface area contributed by atoms with Gasteiger partial charge >= 0.3 is 0 Å². The maximum absolute atomic E-state index is 12.5. The van der Waals surface area contributed by atoms with Gasteiger partial charge in [-0.2, -0.15) is 0 Å². The Balaban J connectivity index is 1.71. The number of hydrogen-bond donors (Lipinski definition) is 0. The van der Waals surface area contributed by atoms with Crippen molar-refractivity contribution in [2.45, 2.75) is 39.0 Å². The molecule has 0 amide bonds. The molecule has 0 saturated heterocycles. The van der Waals surface area contributed by atoms with E-state index in [0.29, 0.717) is 24.0 Å². The van der Waals surface area contributed by atoms with E-state index in [1.807, 2.05) is 12.1 Å². The van der Waals surface area contributed by atoms with Crippen molar-refractivity contribution in [1.82, 2.24) is 9.97 Å². The smallest absolute Gasteiger partial charge is 0.205 e. The minimum absolute atomic E-state index is 0.138. The first kappa shape index (κ1) is 17.9. The Bertz CT molecular complexity index is 882. The van der Waals surface area contributed by atoms with Gasteiger partial charge in [0.05, 0.1) is 5.56 Å². The number of Topliss-reactive ketones (excluding diaryl/α,β-unsaturated/α-hetero) is 2. The Labute approximate surface area is 152 Å². The van der Waals surface area contributed by atoms with E-state index in [0.717, 1.165) is 24.8 Å². The highest BCUT2D eigenvalue weighted by Gasteiger charge is 2.26. The van der Waals surface area contributed by atoms with E-state index in [1.165, 1.54) is 18.6 Å². The Morgan fingerprint density at radius 1 is 1.08 bits per heavy atom. The lowest BCUT2D eigenvalue weighted by Crippen LogP contribution is -2.20. The van der Waals surface area contributed by atoms with Gasteiger partial charge in [-0.3, -0.25) is 14.4 Å². The van der Waals surface area contributed by atoms with Crippen molar-refractivity contribution < 1.29 is 14.4 Å². The van der Waals surface area contributed by atoms with Crippen molar-refractivity contribution >= 4 is 17.3 Å². The van der Waals surface area contributed by atoms with E-state index in [9.17, 15) is 14.4 Å². The lowest BCUT2D eigenvalue weighted by atomic mass is 9.90. The van der Waals surface area contributed by atoms with Gasteiger partial charge in [0.1, 0.15) is 12.0 Å². The van der Waals surface area contributed by atoms with E-state index in [1.54, 1.807) is 12.1 Å². The van der Waals surface area contributed by atoms with E-state index in [-0.39, 0.29) is 28.6 Å². The molecule has 1 aromatic heterocycles. The molecule has 0 saturated carbocycles. The number of rotatable bonds is 7. The summed E-state index contributed by atoms with van der Waals surface area (Å²) in [4.78, 5) is 44.5. The number of aromatic nitrogens is 2. The fourth-order valence-corrected chi connectivity index (χ4v) is 3.00. The largest absolute Gasteiger partial charge is 0.294 e. The molecule has 5 nitrogen and oxygen atoms in total. The van der Waals surface area contributed by atoms with Crippen LogP contribution < -0.4 is 0 Å². The fourth-order valence-electron chi connectivity index (χ4n) is 3.00. The molecule has 3 rings (SSSR count). The van der Waals surface area contributed by atoms with Crippen LogP contribution in [0.25, 0.3) is 0 Å². The predicted octanol–water partition coefficient (Wildman–Crippen LogP) is 3.79. The van der Waals surface area contributed by atoms with Crippen LogP contribution in [0.1, 0.15) is 69.4 Å². The Hall–Kier alpha value is -2.95. The summed E-state index contributed by atoms with van der Waals surface area (Å²) in [5, 5.41) is 0. The Morgan fingerprint density at radius 2 is 1.85 bits per heavy atom. The molecule has 1 aliphatic carbocycles. The summed E-state index contributed by atoms with van der Waals surface area (Å²) in [5.74, 6) is -0.362. The molecule has 0 radical (unpaired) electrons. The molecule has 0 fully saturated rings. The quantitative estimate of drug-likeness (QED) is 0.562. The summed E-state index contributed by atoms with van der Waals surface area (Å²) < 4.78 is 0. The van der Waals surface area contributed by atoms with Gasteiger partial charge in [0, 0.05) is 30.2 Å². The molecule has 0 spiro atoms. The molecule has 0 N–H and O–H groups in total.